The van der Waals surface area contributed by atoms with Gasteiger partial charge in [-0.1, -0.05) is 12.1 Å². The lowest BCUT2D eigenvalue weighted by molar-refractivity contribution is 0.255. The second-order valence-electron chi connectivity index (χ2n) is 2.84. The molecular formula is C10H10INO. The number of rotatable bonds is 3. The van der Waals surface area contributed by atoms with Gasteiger partial charge in [0.05, 0.1) is 18.6 Å². The second kappa shape index (κ2) is 5.20. The van der Waals surface area contributed by atoms with Crippen molar-refractivity contribution in [2.75, 3.05) is 6.61 Å². The van der Waals surface area contributed by atoms with Gasteiger partial charge in [-0.25, -0.2) is 0 Å². The molecule has 1 N–H and O–H groups in total. The van der Waals surface area contributed by atoms with Crippen LogP contribution in [0.15, 0.2) is 24.3 Å². The summed E-state index contributed by atoms with van der Waals surface area (Å²) in [6.07, 6.45) is 0.629. The lowest BCUT2D eigenvalue weighted by Gasteiger charge is -2.04. The van der Waals surface area contributed by atoms with Crippen molar-refractivity contribution in [2.24, 2.45) is 5.92 Å². The summed E-state index contributed by atoms with van der Waals surface area (Å²) in [5.41, 5.74) is 1.10. The summed E-state index contributed by atoms with van der Waals surface area (Å²) in [5, 5.41) is 17.4. The van der Waals surface area contributed by atoms with Gasteiger partial charge in [-0.05, 0) is 46.7 Å². The molecule has 0 saturated heterocycles. The summed E-state index contributed by atoms with van der Waals surface area (Å²) in [5.74, 6) is -0.278. The SMILES string of the molecule is N#CC(CO)Cc1ccc(I)cc1. The maximum atomic E-state index is 8.82. The molecule has 3 heteroatoms. The van der Waals surface area contributed by atoms with Gasteiger partial charge in [0.25, 0.3) is 0 Å². The van der Waals surface area contributed by atoms with Crippen LogP contribution < -0.4 is 0 Å². The summed E-state index contributed by atoms with van der Waals surface area (Å²) in [4.78, 5) is 0. The maximum Gasteiger partial charge on any atom is 0.0734 e. The lowest BCUT2D eigenvalue weighted by Crippen LogP contribution is -2.06. The minimum absolute atomic E-state index is 0.0670. The smallest absolute Gasteiger partial charge is 0.0734 e. The average Bonchev–Trinajstić information content (AvgIpc) is 2.17. The summed E-state index contributed by atoms with van der Waals surface area (Å²) in [6, 6.07) is 10.0. The fourth-order valence-corrected chi connectivity index (χ4v) is 1.42. The summed E-state index contributed by atoms with van der Waals surface area (Å²) in [6.45, 7) is -0.0670. The predicted octanol–water partition coefficient (Wildman–Crippen LogP) is 1.97. The Labute approximate surface area is 91.3 Å². The van der Waals surface area contributed by atoms with Gasteiger partial charge in [-0.2, -0.15) is 5.26 Å². The largest absolute Gasteiger partial charge is 0.395 e. The number of nitriles is 1. The van der Waals surface area contributed by atoms with Crippen molar-refractivity contribution in [3.05, 3.63) is 33.4 Å². The third kappa shape index (κ3) is 3.33. The van der Waals surface area contributed by atoms with Crippen LogP contribution >= 0.6 is 22.6 Å². The van der Waals surface area contributed by atoms with Gasteiger partial charge in [0.15, 0.2) is 0 Å². The Hall–Kier alpha value is -0.600. The van der Waals surface area contributed by atoms with E-state index in [0.717, 1.165) is 5.56 Å². The van der Waals surface area contributed by atoms with Gasteiger partial charge in [-0.15, -0.1) is 0 Å². The fourth-order valence-electron chi connectivity index (χ4n) is 1.06. The highest BCUT2D eigenvalue weighted by Gasteiger charge is 2.05. The van der Waals surface area contributed by atoms with Gasteiger partial charge >= 0.3 is 0 Å². The fraction of sp³-hybridized carbons (Fsp3) is 0.300. The van der Waals surface area contributed by atoms with E-state index in [4.69, 9.17) is 10.4 Å². The van der Waals surface area contributed by atoms with Gasteiger partial charge < -0.3 is 5.11 Å². The molecule has 1 aromatic rings. The molecule has 0 fully saturated rings. The van der Waals surface area contributed by atoms with Crippen molar-refractivity contribution in [3.63, 3.8) is 0 Å². The van der Waals surface area contributed by atoms with Crippen LogP contribution in [0, 0.1) is 20.8 Å². The van der Waals surface area contributed by atoms with Gasteiger partial charge in [0.2, 0.25) is 0 Å². The number of aliphatic hydroxyl groups excluding tert-OH is 1. The van der Waals surface area contributed by atoms with E-state index < -0.39 is 0 Å². The Morgan fingerprint density at radius 2 is 2.00 bits per heavy atom. The van der Waals surface area contributed by atoms with E-state index in [2.05, 4.69) is 28.7 Å². The minimum atomic E-state index is -0.278. The van der Waals surface area contributed by atoms with Crippen LogP contribution in [0.25, 0.3) is 0 Å². The van der Waals surface area contributed by atoms with Crippen molar-refractivity contribution in [1.82, 2.24) is 0 Å². The van der Waals surface area contributed by atoms with Crippen LogP contribution in [0.2, 0.25) is 0 Å². The van der Waals surface area contributed by atoms with Crippen molar-refractivity contribution < 1.29 is 5.11 Å². The normalized spacial score (nSPS) is 12.1. The monoisotopic (exact) mass is 287 g/mol. The molecule has 1 unspecified atom stereocenters. The molecule has 13 heavy (non-hydrogen) atoms. The summed E-state index contributed by atoms with van der Waals surface area (Å²) >= 11 is 2.23. The molecule has 1 rings (SSSR count). The first-order chi connectivity index (χ1) is 6.26. The third-order valence-electron chi connectivity index (χ3n) is 1.80. The summed E-state index contributed by atoms with van der Waals surface area (Å²) in [7, 11) is 0. The zero-order chi connectivity index (χ0) is 9.68. The van der Waals surface area contributed by atoms with E-state index in [1.54, 1.807) is 0 Å². The van der Waals surface area contributed by atoms with E-state index in [9.17, 15) is 0 Å². The highest BCUT2D eigenvalue weighted by Crippen LogP contribution is 2.10. The van der Waals surface area contributed by atoms with Crippen LogP contribution in [0.4, 0.5) is 0 Å². The number of hydrogen-bond acceptors (Lipinski definition) is 2. The number of nitrogens with zero attached hydrogens (tertiary/aromatic N) is 1. The van der Waals surface area contributed by atoms with Crippen molar-refractivity contribution in [2.45, 2.75) is 6.42 Å². The predicted molar refractivity (Wildman–Crippen MR) is 59.1 cm³/mol. The Kier molecular flexibility index (Phi) is 4.19. The van der Waals surface area contributed by atoms with Crippen LogP contribution in [0.5, 0.6) is 0 Å². The van der Waals surface area contributed by atoms with E-state index in [-0.39, 0.29) is 12.5 Å². The first kappa shape index (κ1) is 10.5. The third-order valence-corrected chi connectivity index (χ3v) is 2.52. The molecule has 0 bridgehead atoms. The molecule has 68 valence electrons. The molecule has 0 radical (unpaired) electrons. The number of hydrogen-bond donors (Lipinski definition) is 1. The second-order valence-corrected chi connectivity index (χ2v) is 4.08. The molecule has 0 saturated carbocycles. The number of aliphatic hydroxyl groups is 1. The quantitative estimate of drug-likeness (QED) is 0.864. The standard InChI is InChI=1S/C10H10INO/c11-10-3-1-8(2-4-10)5-9(6-12)7-13/h1-4,9,13H,5,7H2. The molecule has 0 spiro atoms. The van der Waals surface area contributed by atoms with Gasteiger partial charge in [0.1, 0.15) is 0 Å². The molecule has 0 aliphatic rings. The minimum Gasteiger partial charge on any atom is -0.395 e. The van der Waals surface area contributed by atoms with E-state index in [1.165, 1.54) is 3.57 Å². The molecule has 0 aromatic heterocycles. The van der Waals surface area contributed by atoms with Gasteiger partial charge in [0, 0.05) is 3.57 Å². The van der Waals surface area contributed by atoms with Crippen LogP contribution in [0.1, 0.15) is 5.56 Å². The zero-order valence-corrected chi connectivity index (χ0v) is 9.23. The molecule has 0 aliphatic carbocycles. The maximum absolute atomic E-state index is 8.82. The Morgan fingerprint density at radius 3 is 2.46 bits per heavy atom. The Bertz CT molecular complexity index is 302. The topological polar surface area (TPSA) is 44.0 Å². The Morgan fingerprint density at radius 1 is 1.38 bits per heavy atom. The molecular weight excluding hydrogens is 277 g/mol. The molecule has 0 amide bonds. The highest BCUT2D eigenvalue weighted by molar-refractivity contribution is 14.1. The summed E-state index contributed by atoms with van der Waals surface area (Å²) < 4.78 is 1.18. The molecule has 0 aliphatic heterocycles. The van der Waals surface area contributed by atoms with Crippen molar-refractivity contribution in [3.8, 4) is 6.07 Å². The van der Waals surface area contributed by atoms with Crippen molar-refractivity contribution >= 4 is 22.6 Å². The molecule has 1 aromatic carbocycles. The van der Waals surface area contributed by atoms with Crippen molar-refractivity contribution in [1.29, 1.82) is 5.26 Å². The Balaban J connectivity index is 2.64. The highest BCUT2D eigenvalue weighted by atomic mass is 127. The van der Waals surface area contributed by atoms with E-state index in [1.807, 2.05) is 24.3 Å². The van der Waals surface area contributed by atoms with Crippen LogP contribution in [-0.4, -0.2) is 11.7 Å². The number of halogens is 1. The zero-order valence-electron chi connectivity index (χ0n) is 7.07. The first-order valence-electron chi connectivity index (χ1n) is 4.01. The average molecular weight is 287 g/mol. The molecule has 2 nitrogen and oxygen atoms in total. The lowest BCUT2D eigenvalue weighted by atomic mass is 10.0. The van der Waals surface area contributed by atoms with Gasteiger partial charge in [-0.3, -0.25) is 0 Å². The first-order valence-corrected chi connectivity index (χ1v) is 5.09. The molecule has 1 atom stereocenters. The number of benzene rings is 1. The van der Waals surface area contributed by atoms with E-state index >= 15 is 0 Å². The van der Waals surface area contributed by atoms with E-state index in [0.29, 0.717) is 6.42 Å². The van der Waals surface area contributed by atoms with Crippen LogP contribution in [-0.2, 0) is 6.42 Å². The van der Waals surface area contributed by atoms with Crippen LogP contribution in [0.3, 0.4) is 0 Å². The molecule has 0 heterocycles.